The van der Waals surface area contributed by atoms with Gasteiger partial charge in [0.1, 0.15) is 0 Å². The lowest BCUT2D eigenvalue weighted by Gasteiger charge is -2.06. The lowest BCUT2D eigenvalue weighted by molar-refractivity contribution is 0.0945. The Hall–Kier alpha value is -2.64. The number of rotatable bonds is 6. The second kappa shape index (κ2) is 7.96. The molecular weight excluding hydrogens is 338 g/mol. The standard InChI is InChI=1S/C18H17N3O3S/c22-10-9-19-16(23)13-7-5-12(6-8-13)11-25-18-20-15-4-2-1-3-14(15)17(24)21-18/h1-8,22H,9-11H2,(H,19,23)(H,20,21,24). The number of aromatic amines is 1. The summed E-state index contributed by atoms with van der Waals surface area (Å²) in [5.74, 6) is 0.411. The number of para-hydroxylation sites is 1. The maximum absolute atomic E-state index is 12.0. The number of carbonyl (C=O) groups excluding carboxylic acids is 1. The number of amides is 1. The number of nitrogens with zero attached hydrogens (tertiary/aromatic N) is 1. The molecule has 0 aliphatic carbocycles. The quantitative estimate of drug-likeness (QED) is 0.464. The molecule has 3 aromatic rings. The molecule has 0 saturated carbocycles. The monoisotopic (exact) mass is 355 g/mol. The van der Waals surface area contributed by atoms with Gasteiger partial charge < -0.3 is 15.4 Å². The van der Waals surface area contributed by atoms with Gasteiger partial charge in [0.05, 0.1) is 17.5 Å². The fraction of sp³-hybridized carbons (Fsp3) is 0.167. The zero-order valence-corrected chi connectivity index (χ0v) is 14.2. The number of nitrogens with one attached hydrogen (secondary N) is 2. The molecule has 7 heteroatoms. The molecule has 0 fully saturated rings. The average Bonchev–Trinajstić information content (AvgIpc) is 2.65. The molecule has 0 spiro atoms. The molecule has 0 atom stereocenters. The van der Waals surface area contributed by atoms with E-state index in [1.54, 1.807) is 18.2 Å². The highest BCUT2D eigenvalue weighted by Crippen LogP contribution is 2.20. The van der Waals surface area contributed by atoms with Gasteiger partial charge in [0.15, 0.2) is 5.16 Å². The largest absolute Gasteiger partial charge is 0.395 e. The van der Waals surface area contributed by atoms with Crippen LogP contribution in [-0.4, -0.2) is 34.1 Å². The van der Waals surface area contributed by atoms with Crippen LogP contribution in [0, 0.1) is 0 Å². The smallest absolute Gasteiger partial charge is 0.281 e. The van der Waals surface area contributed by atoms with Crippen molar-refractivity contribution in [3.05, 3.63) is 70.0 Å². The molecule has 1 aromatic heterocycles. The van der Waals surface area contributed by atoms with Crippen LogP contribution in [-0.2, 0) is 5.75 Å². The normalized spacial score (nSPS) is 10.8. The zero-order chi connectivity index (χ0) is 17.6. The maximum Gasteiger partial charge on any atom is 0.281 e. The first kappa shape index (κ1) is 17.2. The van der Waals surface area contributed by atoms with Crippen LogP contribution >= 0.6 is 11.8 Å². The van der Waals surface area contributed by atoms with Gasteiger partial charge in [0, 0.05) is 17.9 Å². The van der Waals surface area contributed by atoms with Gasteiger partial charge in [-0.15, -0.1) is 0 Å². The van der Waals surface area contributed by atoms with Gasteiger partial charge in [-0.1, -0.05) is 36.0 Å². The lowest BCUT2D eigenvalue weighted by Crippen LogP contribution is -2.26. The first-order valence-electron chi connectivity index (χ1n) is 7.77. The summed E-state index contributed by atoms with van der Waals surface area (Å²) in [6.07, 6.45) is 0. The summed E-state index contributed by atoms with van der Waals surface area (Å²) < 4.78 is 0. The van der Waals surface area contributed by atoms with Gasteiger partial charge in [0.2, 0.25) is 0 Å². The molecule has 1 amide bonds. The first-order valence-corrected chi connectivity index (χ1v) is 8.76. The number of aliphatic hydroxyl groups is 1. The Kier molecular flexibility index (Phi) is 5.47. The second-order valence-electron chi connectivity index (χ2n) is 5.36. The van der Waals surface area contributed by atoms with Gasteiger partial charge in [0.25, 0.3) is 11.5 Å². The number of H-pyrrole nitrogens is 1. The van der Waals surface area contributed by atoms with E-state index in [0.717, 1.165) is 11.1 Å². The summed E-state index contributed by atoms with van der Waals surface area (Å²) in [4.78, 5) is 31.0. The summed E-state index contributed by atoms with van der Waals surface area (Å²) in [5.41, 5.74) is 2.08. The van der Waals surface area contributed by atoms with Crippen LogP contribution in [0.15, 0.2) is 58.5 Å². The fourth-order valence-corrected chi connectivity index (χ4v) is 3.14. The van der Waals surface area contributed by atoms with Crippen LogP contribution in [0.1, 0.15) is 15.9 Å². The number of benzene rings is 2. The third-order valence-corrected chi connectivity index (χ3v) is 4.54. The number of aliphatic hydroxyl groups excluding tert-OH is 1. The number of hydrogen-bond donors (Lipinski definition) is 3. The molecule has 1 heterocycles. The third-order valence-electron chi connectivity index (χ3n) is 3.59. The van der Waals surface area contributed by atoms with E-state index in [1.807, 2.05) is 30.3 Å². The van der Waals surface area contributed by atoms with E-state index in [4.69, 9.17) is 5.11 Å². The van der Waals surface area contributed by atoms with Gasteiger partial charge in [-0.25, -0.2) is 0 Å². The Bertz CT molecular complexity index is 938. The van der Waals surface area contributed by atoms with Crippen molar-refractivity contribution in [3.8, 4) is 0 Å². The van der Waals surface area contributed by atoms with Crippen molar-refractivity contribution in [3.63, 3.8) is 0 Å². The second-order valence-corrected chi connectivity index (χ2v) is 6.32. The summed E-state index contributed by atoms with van der Waals surface area (Å²) >= 11 is 1.43. The molecule has 2 aromatic carbocycles. The molecule has 0 aliphatic heterocycles. The Morgan fingerprint density at radius 1 is 1.16 bits per heavy atom. The molecule has 6 nitrogen and oxygen atoms in total. The van der Waals surface area contributed by atoms with Gasteiger partial charge >= 0.3 is 0 Å². The Balaban J connectivity index is 1.67. The topological polar surface area (TPSA) is 95.1 Å². The van der Waals surface area contributed by atoms with E-state index in [0.29, 0.717) is 21.9 Å². The first-order chi connectivity index (χ1) is 12.2. The predicted octanol–water partition coefficient (Wildman–Crippen LogP) is 1.94. The van der Waals surface area contributed by atoms with Crippen molar-refractivity contribution in [1.29, 1.82) is 0 Å². The molecule has 3 N–H and O–H groups in total. The minimum atomic E-state index is -0.243. The number of carbonyl (C=O) groups is 1. The molecule has 0 saturated heterocycles. The number of fused-ring (bicyclic) bond motifs is 1. The van der Waals surface area contributed by atoms with Crippen molar-refractivity contribution >= 4 is 28.6 Å². The third kappa shape index (κ3) is 4.26. The van der Waals surface area contributed by atoms with Crippen LogP contribution in [0.3, 0.4) is 0 Å². The minimum Gasteiger partial charge on any atom is -0.395 e. The molecule has 0 aliphatic rings. The van der Waals surface area contributed by atoms with E-state index in [2.05, 4.69) is 15.3 Å². The summed E-state index contributed by atoms with van der Waals surface area (Å²) in [6.45, 7) is 0.148. The zero-order valence-electron chi connectivity index (χ0n) is 13.4. The van der Waals surface area contributed by atoms with Crippen LogP contribution in [0.25, 0.3) is 10.9 Å². The van der Waals surface area contributed by atoms with Crippen molar-refractivity contribution in [2.24, 2.45) is 0 Å². The number of thioether (sulfide) groups is 1. The minimum absolute atomic E-state index is 0.0859. The predicted molar refractivity (Wildman–Crippen MR) is 97.8 cm³/mol. The highest BCUT2D eigenvalue weighted by molar-refractivity contribution is 7.98. The SMILES string of the molecule is O=C(NCCO)c1ccc(CSc2nc(=O)c3ccccc3[nH]2)cc1. The molecular formula is C18H17N3O3S. The van der Waals surface area contributed by atoms with E-state index in [9.17, 15) is 9.59 Å². The lowest BCUT2D eigenvalue weighted by atomic mass is 10.1. The number of hydrogen-bond acceptors (Lipinski definition) is 5. The summed E-state index contributed by atoms with van der Waals surface area (Å²) in [5, 5.41) is 12.5. The molecule has 128 valence electrons. The highest BCUT2D eigenvalue weighted by atomic mass is 32.2. The van der Waals surface area contributed by atoms with Crippen molar-refractivity contribution in [2.45, 2.75) is 10.9 Å². The van der Waals surface area contributed by atoms with Gasteiger partial charge in [-0.2, -0.15) is 4.98 Å². The number of aromatic nitrogens is 2. The molecule has 0 bridgehead atoms. The molecule has 3 rings (SSSR count). The van der Waals surface area contributed by atoms with E-state index in [1.165, 1.54) is 11.8 Å². The molecule has 0 unspecified atom stereocenters. The van der Waals surface area contributed by atoms with Crippen LogP contribution in [0.5, 0.6) is 0 Å². The van der Waals surface area contributed by atoms with E-state index in [-0.39, 0.29) is 24.6 Å². The molecule has 25 heavy (non-hydrogen) atoms. The Morgan fingerprint density at radius 3 is 2.68 bits per heavy atom. The van der Waals surface area contributed by atoms with E-state index < -0.39 is 0 Å². The fourth-order valence-electron chi connectivity index (χ4n) is 2.32. The molecule has 0 radical (unpaired) electrons. The van der Waals surface area contributed by atoms with Crippen molar-refractivity contribution < 1.29 is 9.90 Å². The Labute approximate surface area is 148 Å². The van der Waals surface area contributed by atoms with Crippen LogP contribution in [0.2, 0.25) is 0 Å². The average molecular weight is 355 g/mol. The summed E-state index contributed by atoms with van der Waals surface area (Å²) in [6, 6.07) is 14.5. The Morgan fingerprint density at radius 2 is 1.92 bits per heavy atom. The highest BCUT2D eigenvalue weighted by Gasteiger charge is 2.06. The van der Waals surface area contributed by atoms with Crippen molar-refractivity contribution in [2.75, 3.05) is 13.2 Å². The van der Waals surface area contributed by atoms with Gasteiger partial charge in [-0.05, 0) is 29.8 Å². The summed E-state index contributed by atoms with van der Waals surface area (Å²) in [7, 11) is 0. The van der Waals surface area contributed by atoms with Crippen molar-refractivity contribution in [1.82, 2.24) is 15.3 Å². The van der Waals surface area contributed by atoms with Crippen LogP contribution in [0.4, 0.5) is 0 Å². The van der Waals surface area contributed by atoms with E-state index >= 15 is 0 Å². The van der Waals surface area contributed by atoms with Crippen LogP contribution < -0.4 is 10.9 Å². The maximum atomic E-state index is 12.0. The van der Waals surface area contributed by atoms with Gasteiger partial charge in [-0.3, -0.25) is 9.59 Å².